The smallest absolute Gasteiger partial charge is 0.191 e. The number of nitrogens with zero attached hydrogens (tertiary/aromatic N) is 3. The monoisotopic (exact) mass is 409 g/mol. The highest BCUT2D eigenvalue weighted by Gasteiger charge is 2.33. The first-order chi connectivity index (χ1) is 9.69. The van der Waals surface area contributed by atoms with Crippen LogP contribution >= 0.6 is 24.0 Å². The summed E-state index contributed by atoms with van der Waals surface area (Å²) in [6.07, 6.45) is 3.76. The maximum atomic E-state index is 4.29. The van der Waals surface area contributed by atoms with Crippen molar-refractivity contribution >= 4 is 29.9 Å². The number of likely N-dealkylation sites (N-methyl/N-ethyl adjacent to an activating group) is 1. The summed E-state index contributed by atoms with van der Waals surface area (Å²) >= 11 is 0. The number of halogens is 1. The molecule has 0 amide bonds. The van der Waals surface area contributed by atoms with Crippen LogP contribution in [-0.4, -0.2) is 75.2 Å². The van der Waals surface area contributed by atoms with Crippen LogP contribution in [0.15, 0.2) is 4.99 Å². The normalized spacial score (nSPS) is 27.7. The summed E-state index contributed by atoms with van der Waals surface area (Å²) in [5.41, 5.74) is 0. The molecule has 0 aromatic heterocycles. The Morgan fingerprint density at radius 2 is 2.00 bits per heavy atom. The quantitative estimate of drug-likeness (QED) is 0.310. The Bertz CT molecular complexity index is 323. The topological polar surface area (TPSA) is 42.9 Å². The summed E-state index contributed by atoms with van der Waals surface area (Å²) < 4.78 is 0. The molecule has 0 radical (unpaired) electrons. The van der Waals surface area contributed by atoms with Crippen LogP contribution in [0.2, 0.25) is 0 Å². The second-order valence-corrected chi connectivity index (χ2v) is 6.31. The SMILES string of the molecule is CN=C(NCCCN1CCCN(C)CC1)NC1CC1C.I. The van der Waals surface area contributed by atoms with Crippen molar-refractivity contribution in [3.05, 3.63) is 0 Å². The van der Waals surface area contributed by atoms with E-state index in [1.165, 1.54) is 52.0 Å². The van der Waals surface area contributed by atoms with Gasteiger partial charge in [-0.2, -0.15) is 0 Å². The number of hydrogen-bond donors (Lipinski definition) is 2. The van der Waals surface area contributed by atoms with E-state index in [2.05, 4.69) is 39.4 Å². The van der Waals surface area contributed by atoms with Crippen LogP contribution in [0.4, 0.5) is 0 Å². The second-order valence-electron chi connectivity index (χ2n) is 6.31. The van der Waals surface area contributed by atoms with E-state index in [1.54, 1.807) is 0 Å². The zero-order chi connectivity index (χ0) is 14.4. The Hall–Kier alpha value is -0.0800. The minimum Gasteiger partial charge on any atom is -0.356 e. The minimum absolute atomic E-state index is 0. The molecule has 1 aliphatic carbocycles. The maximum absolute atomic E-state index is 4.29. The lowest BCUT2D eigenvalue weighted by Crippen LogP contribution is -2.40. The number of nitrogens with one attached hydrogen (secondary N) is 2. The van der Waals surface area contributed by atoms with Crippen molar-refractivity contribution in [2.45, 2.75) is 32.2 Å². The van der Waals surface area contributed by atoms with E-state index in [1.807, 2.05) is 7.05 Å². The highest BCUT2D eigenvalue weighted by atomic mass is 127. The molecule has 0 aromatic rings. The lowest BCUT2D eigenvalue weighted by atomic mass is 10.3. The van der Waals surface area contributed by atoms with Gasteiger partial charge in [-0.05, 0) is 51.9 Å². The Morgan fingerprint density at radius 1 is 1.24 bits per heavy atom. The van der Waals surface area contributed by atoms with Gasteiger partial charge in [0.1, 0.15) is 0 Å². The van der Waals surface area contributed by atoms with Crippen LogP contribution in [0.1, 0.15) is 26.2 Å². The van der Waals surface area contributed by atoms with E-state index < -0.39 is 0 Å². The first-order valence-electron chi connectivity index (χ1n) is 8.07. The summed E-state index contributed by atoms with van der Waals surface area (Å²) in [4.78, 5) is 9.31. The molecule has 2 N–H and O–H groups in total. The van der Waals surface area contributed by atoms with E-state index in [-0.39, 0.29) is 24.0 Å². The molecule has 21 heavy (non-hydrogen) atoms. The van der Waals surface area contributed by atoms with Crippen LogP contribution < -0.4 is 10.6 Å². The van der Waals surface area contributed by atoms with E-state index in [4.69, 9.17) is 0 Å². The van der Waals surface area contributed by atoms with Gasteiger partial charge in [0.05, 0.1) is 0 Å². The summed E-state index contributed by atoms with van der Waals surface area (Å²) in [5.74, 6) is 1.78. The van der Waals surface area contributed by atoms with Crippen molar-refractivity contribution in [1.82, 2.24) is 20.4 Å². The maximum Gasteiger partial charge on any atom is 0.191 e. The molecule has 6 heteroatoms. The molecule has 2 aliphatic rings. The zero-order valence-corrected chi connectivity index (χ0v) is 16.1. The minimum atomic E-state index is 0. The molecule has 5 nitrogen and oxygen atoms in total. The third-order valence-corrected chi connectivity index (χ3v) is 4.41. The van der Waals surface area contributed by atoms with Gasteiger partial charge in [0.15, 0.2) is 5.96 Å². The fourth-order valence-corrected chi connectivity index (χ4v) is 2.73. The molecule has 1 saturated carbocycles. The Labute approximate surface area is 146 Å². The Morgan fingerprint density at radius 3 is 2.67 bits per heavy atom. The fourth-order valence-electron chi connectivity index (χ4n) is 2.73. The van der Waals surface area contributed by atoms with Gasteiger partial charge >= 0.3 is 0 Å². The average molecular weight is 409 g/mol. The van der Waals surface area contributed by atoms with Gasteiger partial charge in [-0.15, -0.1) is 24.0 Å². The van der Waals surface area contributed by atoms with Crippen molar-refractivity contribution in [2.24, 2.45) is 10.9 Å². The Balaban J connectivity index is 0.00000220. The van der Waals surface area contributed by atoms with Crippen molar-refractivity contribution in [1.29, 1.82) is 0 Å². The zero-order valence-electron chi connectivity index (χ0n) is 13.8. The molecule has 124 valence electrons. The van der Waals surface area contributed by atoms with Crippen LogP contribution in [-0.2, 0) is 0 Å². The molecule has 1 aliphatic heterocycles. The average Bonchev–Trinajstić information content (AvgIpc) is 3.17. The fraction of sp³-hybridized carbons (Fsp3) is 0.933. The van der Waals surface area contributed by atoms with Crippen molar-refractivity contribution < 1.29 is 0 Å². The van der Waals surface area contributed by atoms with Gasteiger partial charge in [0.2, 0.25) is 0 Å². The van der Waals surface area contributed by atoms with Crippen LogP contribution in [0.25, 0.3) is 0 Å². The number of guanidine groups is 1. The van der Waals surface area contributed by atoms with Crippen molar-refractivity contribution in [2.75, 3.05) is 53.4 Å². The standard InChI is InChI=1S/C15H31N5.HI/c1-13-12-14(13)18-15(16-2)17-6-4-8-20-9-5-7-19(3)10-11-20;/h13-14H,4-12H2,1-3H3,(H2,16,17,18);1H. The van der Waals surface area contributed by atoms with Crippen molar-refractivity contribution in [3.8, 4) is 0 Å². The van der Waals surface area contributed by atoms with Gasteiger partial charge in [0.25, 0.3) is 0 Å². The molecule has 0 bridgehead atoms. The highest BCUT2D eigenvalue weighted by molar-refractivity contribution is 14.0. The Kier molecular flexibility index (Phi) is 8.89. The molecule has 2 fully saturated rings. The van der Waals surface area contributed by atoms with E-state index in [9.17, 15) is 0 Å². The van der Waals surface area contributed by atoms with Gasteiger partial charge in [-0.1, -0.05) is 6.92 Å². The lowest BCUT2D eigenvalue weighted by Gasteiger charge is -2.20. The van der Waals surface area contributed by atoms with E-state index in [0.29, 0.717) is 6.04 Å². The summed E-state index contributed by atoms with van der Waals surface area (Å²) in [5, 5.41) is 6.89. The number of aliphatic imine (C=N–C) groups is 1. The van der Waals surface area contributed by atoms with Crippen LogP contribution in [0, 0.1) is 5.92 Å². The van der Waals surface area contributed by atoms with E-state index in [0.717, 1.165) is 18.4 Å². The predicted octanol–water partition coefficient (Wildman–Crippen LogP) is 1.21. The predicted molar refractivity (Wildman–Crippen MR) is 101 cm³/mol. The highest BCUT2D eigenvalue weighted by Crippen LogP contribution is 2.28. The molecular formula is C15H32IN5. The molecule has 2 atom stereocenters. The lowest BCUT2D eigenvalue weighted by molar-refractivity contribution is 0.274. The van der Waals surface area contributed by atoms with Gasteiger partial charge in [0, 0.05) is 32.7 Å². The molecular weight excluding hydrogens is 377 g/mol. The second kappa shape index (κ2) is 9.84. The molecule has 0 spiro atoms. The number of rotatable bonds is 5. The third-order valence-electron chi connectivity index (χ3n) is 4.41. The summed E-state index contributed by atoms with van der Waals surface area (Å²) in [7, 11) is 4.08. The first kappa shape index (κ1) is 19.0. The molecule has 0 aromatic carbocycles. The first-order valence-corrected chi connectivity index (χ1v) is 8.07. The summed E-state index contributed by atoms with van der Waals surface area (Å²) in [6, 6.07) is 0.641. The largest absolute Gasteiger partial charge is 0.356 e. The number of hydrogen-bond acceptors (Lipinski definition) is 3. The summed E-state index contributed by atoms with van der Waals surface area (Å²) in [6.45, 7) is 9.38. The van der Waals surface area contributed by atoms with Gasteiger partial charge in [-0.25, -0.2) is 0 Å². The third kappa shape index (κ3) is 7.15. The van der Waals surface area contributed by atoms with Crippen LogP contribution in [0.5, 0.6) is 0 Å². The molecule has 1 saturated heterocycles. The molecule has 2 unspecified atom stereocenters. The van der Waals surface area contributed by atoms with Gasteiger partial charge < -0.3 is 20.4 Å². The van der Waals surface area contributed by atoms with Gasteiger partial charge in [-0.3, -0.25) is 4.99 Å². The molecule has 1 heterocycles. The van der Waals surface area contributed by atoms with E-state index >= 15 is 0 Å². The van der Waals surface area contributed by atoms with Crippen molar-refractivity contribution in [3.63, 3.8) is 0 Å². The molecule has 2 rings (SSSR count). The van der Waals surface area contributed by atoms with Crippen LogP contribution in [0.3, 0.4) is 0 Å².